The lowest BCUT2D eigenvalue weighted by atomic mass is 9.99. The molecule has 3 aromatic carbocycles. The van der Waals surface area contributed by atoms with Crippen molar-refractivity contribution in [3.05, 3.63) is 105 Å². The Kier molecular flexibility index (Phi) is 5.53. The van der Waals surface area contributed by atoms with E-state index in [4.69, 9.17) is 0 Å². The molecule has 0 unspecified atom stereocenters. The molecule has 1 atom stereocenters. The predicted octanol–water partition coefficient (Wildman–Crippen LogP) is 4.11. The van der Waals surface area contributed by atoms with Gasteiger partial charge >= 0.3 is 5.69 Å². The maximum absolute atomic E-state index is 13.6. The molecule has 144 valence electrons. The molecule has 0 amide bonds. The highest BCUT2D eigenvalue weighted by atomic mass is 32.2. The number of nitrogens with zero attached hydrogens (tertiary/aromatic N) is 1. The van der Waals surface area contributed by atoms with Crippen LogP contribution in [0.3, 0.4) is 0 Å². The van der Waals surface area contributed by atoms with Crippen LogP contribution < -0.4 is 4.72 Å². The van der Waals surface area contributed by atoms with Gasteiger partial charge in [-0.3, -0.25) is 10.1 Å². The SMILES string of the molecule is Cc1ccc([C@H](NS(=O)(=O)c2ccc(F)c([N+](=O)[O-])c2)c2ccccc2)cc1. The molecule has 0 aromatic heterocycles. The van der Waals surface area contributed by atoms with E-state index >= 15 is 0 Å². The second-order valence-corrected chi connectivity index (χ2v) is 7.96. The minimum Gasteiger partial charge on any atom is -0.258 e. The van der Waals surface area contributed by atoms with Crippen molar-refractivity contribution in [1.82, 2.24) is 4.72 Å². The zero-order chi connectivity index (χ0) is 20.3. The van der Waals surface area contributed by atoms with Crippen molar-refractivity contribution in [2.45, 2.75) is 17.9 Å². The van der Waals surface area contributed by atoms with E-state index in [1.807, 2.05) is 37.3 Å². The normalized spacial score (nSPS) is 12.5. The van der Waals surface area contributed by atoms with Crippen LogP contribution in [0.4, 0.5) is 10.1 Å². The molecule has 0 bridgehead atoms. The van der Waals surface area contributed by atoms with Gasteiger partial charge in [-0.2, -0.15) is 9.11 Å². The summed E-state index contributed by atoms with van der Waals surface area (Å²) in [6, 6.07) is 18.1. The highest BCUT2D eigenvalue weighted by Gasteiger charge is 2.26. The maximum Gasteiger partial charge on any atom is 0.306 e. The summed E-state index contributed by atoms with van der Waals surface area (Å²) >= 11 is 0. The van der Waals surface area contributed by atoms with Crippen molar-refractivity contribution in [3.63, 3.8) is 0 Å². The Bertz CT molecular complexity index is 1100. The molecule has 0 heterocycles. The van der Waals surface area contributed by atoms with Gasteiger partial charge < -0.3 is 0 Å². The van der Waals surface area contributed by atoms with Crippen molar-refractivity contribution >= 4 is 15.7 Å². The number of rotatable bonds is 6. The molecular weight excluding hydrogens is 383 g/mol. The topological polar surface area (TPSA) is 89.3 Å². The molecule has 3 rings (SSSR count). The molecule has 0 radical (unpaired) electrons. The average Bonchev–Trinajstić information content (AvgIpc) is 2.67. The number of aryl methyl sites for hydroxylation is 1. The maximum atomic E-state index is 13.6. The van der Waals surface area contributed by atoms with E-state index in [-0.39, 0.29) is 4.90 Å². The van der Waals surface area contributed by atoms with Gasteiger partial charge in [-0.15, -0.1) is 0 Å². The largest absolute Gasteiger partial charge is 0.306 e. The quantitative estimate of drug-likeness (QED) is 0.498. The van der Waals surface area contributed by atoms with E-state index in [1.165, 1.54) is 0 Å². The molecule has 28 heavy (non-hydrogen) atoms. The number of nitro groups is 1. The number of hydrogen-bond donors (Lipinski definition) is 1. The number of halogens is 1. The van der Waals surface area contributed by atoms with Crippen LogP contribution in [-0.4, -0.2) is 13.3 Å². The van der Waals surface area contributed by atoms with Gasteiger partial charge in [0.2, 0.25) is 15.8 Å². The number of hydrogen-bond acceptors (Lipinski definition) is 4. The second kappa shape index (κ2) is 7.87. The number of sulfonamides is 1. The first-order valence-corrected chi connectivity index (χ1v) is 9.84. The van der Waals surface area contributed by atoms with Gasteiger partial charge in [-0.05, 0) is 30.2 Å². The van der Waals surface area contributed by atoms with E-state index in [1.54, 1.807) is 24.3 Å². The van der Waals surface area contributed by atoms with Crippen molar-refractivity contribution in [3.8, 4) is 0 Å². The molecule has 0 aliphatic heterocycles. The monoisotopic (exact) mass is 400 g/mol. The van der Waals surface area contributed by atoms with E-state index < -0.39 is 32.5 Å². The van der Waals surface area contributed by atoms with Crippen LogP contribution in [0.5, 0.6) is 0 Å². The summed E-state index contributed by atoms with van der Waals surface area (Å²) in [7, 11) is -4.16. The van der Waals surface area contributed by atoms with Crippen molar-refractivity contribution in [1.29, 1.82) is 0 Å². The van der Waals surface area contributed by atoms with Gasteiger partial charge in [0, 0.05) is 6.07 Å². The van der Waals surface area contributed by atoms with Crippen LogP contribution in [0.1, 0.15) is 22.7 Å². The molecule has 0 saturated carbocycles. The number of nitro benzene ring substituents is 1. The molecular formula is C20H17FN2O4S. The van der Waals surface area contributed by atoms with Crippen LogP contribution in [0.25, 0.3) is 0 Å². The van der Waals surface area contributed by atoms with E-state index in [0.29, 0.717) is 11.1 Å². The van der Waals surface area contributed by atoms with Crippen LogP contribution in [0.2, 0.25) is 0 Å². The zero-order valence-corrected chi connectivity index (χ0v) is 15.7. The first kappa shape index (κ1) is 19.7. The summed E-state index contributed by atoms with van der Waals surface area (Å²) in [5.74, 6) is -1.10. The van der Waals surface area contributed by atoms with Gasteiger partial charge in [0.05, 0.1) is 15.9 Å². The molecule has 8 heteroatoms. The van der Waals surface area contributed by atoms with E-state index in [9.17, 15) is 22.9 Å². The molecule has 0 aliphatic rings. The Labute approximate surface area is 161 Å². The second-order valence-electron chi connectivity index (χ2n) is 6.25. The summed E-state index contributed by atoms with van der Waals surface area (Å²) < 4.78 is 41.9. The Balaban J connectivity index is 2.04. The fraction of sp³-hybridized carbons (Fsp3) is 0.100. The molecule has 1 N–H and O–H groups in total. The van der Waals surface area contributed by atoms with Crippen LogP contribution in [0.15, 0.2) is 77.7 Å². The predicted molar refractivity (Wildman–Crippen MR) is 103 cm³/mol. The molecule has 3 aromatic rings. The highest BCUT2D eigenvalue weighted by Crippen LogP contribution is 2.27. The fourth-order valence-corrected chi connectivity index (χ4v) is 3.99. The summed E-state index contributed by atoms with van der Waals surface area (Å²) in [5, 5.41) is 10.9. The Morgan fingerprint density at radius 3 is 2.18 bits per heavy atom. The van der Waals surface area contributed by atoms with Crippen LogP contribution >= 0.6 is 0 Å². The third-order valence-corrected chi connectivity index (χ3v) is 5.66. The van der Waals surface area contributed by atoms with E-state index in [0.717, 1.165) is 23.8 Å². The number of benzene rings is 3. The first-order valence-electron chi connectivity index (χ1n) is 8.36. The van der Waals surface area contributed by atoms with Gasteiger partial charge in [-0.25, -0.2) is 8.42 Å². The Morgan fingerprint density at radius 1 is 0.964 bits per heavy atom. The minimum atomic E-state index is -4.16. The molecule has 0 aliphatic carbocycles. The Hall–Kier alpha value is -3.10. The lowest BCUT2D eigenvalue weighted by Gasteiger charge is -2.20. The third-order valence-electron chi connectivity index (χ3n) is 4.24. The minimum absolute atomic E-state index is 0.381. The Morgan fingerprint density at radius 2 is 1.57 bits per heavy atom. The molecule has 0 saturated heterocycles. The van der Waals surface area contributed by atoms with E-state index in [2.05, 4.69) is 4.72 Å². The van der Waals surface area contributed by atoms with Gasteiger partial charge in [0.25, 0.3) is 0 Å². The standard InChI is InChI=1S/C20H17FN2O4S/c1-14-7-9-16(10-8-14)20(15-5-3-2-4-6-15)22-28(26,27)17-11-12-18(21)19(13-17)23(24)25/h2-13,20,22H,1H3/t20-/m1/s1. The summed E-state index contributed by atoms with van der Waals surface area (Å²) in [6.45, 7) is 1.92. The van der Waals surface area contributed by atoms with Gasteiger partial charge in [0.15, 0.2) is 0 Å². The summed E-state index contributed by atoms with van der Waals surface area (Å²) in [4.78, 5) is 9.61. The lowest BCUT2D eigenvalue weighted by Crippen LogP contribution is -2.29. The third kappa shape index (κ3) is 4.24. The zero-order valence-electron chi connectivity index (χ0n) is 14.9. The smallest absolute Gasteiger partial charge is 0.258 e. The highest BCUT2D eigenvalue weighted by molar-refractivity contribution is 7.89. The summed E-state index contributed by atoms with van der Waals surface area (Å²) in [5.41, 5.74) is 1.53. The number of nitrogens with one attached hydrogen (secondary N) is 1. The first-order chi connectivity index (χ1) is 13.3. The molecule has 0 fully saturated rings. The van der Waals surface area contributed by atoms with Crippen molar-refractivity contribution in [2.24, 2.45) is 0 Å². The van der Waals surface area contributed by atoms with Crippen LogP contribution in [0, 0.1) is 22.9 Å². The molecule has 6 nitrogen and oxygen atoms in total. The van der Waals surface area contributed by atoms with Gasteiger partial charge in [-0.1, -0.05) is 60.2 Å². The van der Waals surface area contributed by atoms with Crippen molar-refractivity contribution < 1.29 is 17.7 Å². The van der Waals surface area contributed by atoms with Crippen molar-refractivity contribution in [2.75, 3.05) is 0 Å². The lowest BCUT2D eigenvalue weighted by molar-refractivity contribution is -0.387. The molecule has 0 spiro atoms. The van der Waals surface area contributed by atoms with Gasteiger partial charge in [0.1, 0.15) is 0 Å². The van der Waals surface area contributed by atoms with Crippen LogP contribution in [-0.2, 0) is 10.0 Å². The summed E-state index contributed by atoms with van der Waals surface area (Å²) in [6.07, 6.45) is 0. The average molecular weight is 400 g/mol. The fourth-order valence-electron chi connectivity index (χ4n) is 2.76.